The van der Waals surface area contributed by atoms with E-state index in [1.807, 2.05) is 0 Å². The average Bonchev–Trinajstić information content (AvgIpc) is 2.56. The van der Waals surface area contributed by atoms with Crippen LogP contribution in [0.3, 0.4) is 0 Å². The third-order valence-corrected chi connectivity index (χ3v) is 4.42. The number of hydrogen-bond donors (Lipinski definition) is 1. The zero-order chi connectivity index (χ0) is 13.8. The minimum atomic E-state index is 0.274. The van der Waals surface area contributed by atoms with Gasteiger partial charge in [-0.2, -0.15) is 0 Å². The monoisotopic (exact) mass is 260 g/mol. The fraction of sp³-hybridized carbons (Fsp3) is 0.647. The predicted molar refractivity (Wildman–Crippen MR) is 82.3 cm³/mol. The van der Waals surface area contributed by atoms with Crippen LogP contribution < -0.4 is 5.73 Å². The van der Waals surface area contributed by atoms with Crippen LogP contribution in [0.4, 0.5) is 0 Å². The minimum absolute atomic E-state index is 0.274. The fourth-order valence-corrected chi connectivity index (χ4v) is 3.21. The van der Waals surface area contributed by atoms with E-state index in [1.165, 1.54) is 42.5 Å². The lowest BCUT2D eigenvalue weighted by Crippen LogP contribution is -2.40. The number of likely N-dealkylation sites (tertiary alicyclic amines) is 1. The summed E-state index contributed by atoms with van der Waals surface area (Å²) in [5.41, 5.74) is 10.6. The molecule has 0 amide bonds. The van der Waals surface area contributed by atoms with Gasteiger partial charge >= 0.3 is 0 Å². The number of hydrogen-bond acceptors (Lipinski definition) is 2. The third-order valence-electron chi connectivity index (χ3n) is 4.42. The molecule has 2 heteroatoms. The highest BCUT2D eigenvalue weighted by Crippen LogP contribution is 2.30. The molecule has 0 saturated carbocycles. The molecule has 1 saturated heterocycles. The molecule has 1 aliphatic heterocycles. The molecule has 0 spiro atoms. The number of rotatable bonds is 3. The number of aryl methyl sites for hydroxylation is 2. The molecule has 2 nitrogen and oxygen atoms in total. The summed E-state index contributed by atoms with van der Waals surface area (Å²) in [6.07, 6.45) is 4.91. The standard InChI is InChI=1S/C17H28N2/c1-4-10-19-11-6-5-7-16(18)17(19)15-9-8-13(2)14(3)12-15/h8-9,12,16-17H,4-7,10-11,18H2,1-3H3. The first-order valence-electron chi connectivity index (χ1n) is 7.70. The lowest BCUT2D eigenvalue weighted by molar-refractivity contribution is 0.186. The number of nitrogens with two attached hydrogens (primary N) is 1. The van der Waals surface area contributed by atoms with Gasteiger partial charge in [0.15, 0.2) is 0 Å². The number of benzene rings is 1. The first kappa shape index (κ1) is 14.5. The van der Waals surface area contributed by atoms with Crippen molar-refractivity contribution in [3.8, 4) is 0 Å². The van der Waals surface area contributed by atoms with Crippen LogP contribution in [0.25, 0.3) is 0 Å². The Kier molecular flexibility index (Phi) is 5.00. The molecule has 2 unspecified atom stereocenters. The van der Waals surface area contributed by atoms with Crippen LogP contribution in [-0.2, 0) is 0 Å². The topological polar surface area (TPSA) is 29.3 Å². The Bertz CT molecular complexity index is 414. The average molecular weight is 260 g/mol. The van der Waals surface area contributed by atoms with Crippen LogP contribution in [0.1, 0.15) is 55.3 Å². The van der Waals surface area contributed by atoms with Crippen molar-refractivity contribution < 1.29 is 0 Å². The molecule has 0 radical (unpaired) electrons. The fourth-order valence-electron chi connectivity index (χ4n) is 3.21. The molecule has 2 N–H and O–H groups in total. The van der Waals surface area contributed by atoms with Crippen LogP contribution in [0.2, 0.25) is 0 Å². The van der Waals surface area contributed by atoms with E-state index in [2.05, 4.69) is 43.9 Å². The van der Waals surface area contributed by atoms with E-state index in [-0.39, 0.29) is 6.04 Å². The summed E-state index contributed by atoms with van der Waals surface area (Å²) < 4.78 is 0. The highest BCUT2D eigenvalue weighted by molar-refractivity contribution is 5.32. The van der Waals surface area contributed by atoms with Crippen LogP contribution in [-0.4, -0.2) is 24.0 Å². The smallest absolute Gasteiger partial charge is 0.0499 e. The summed E-state index contributed by atoms with van der Waals surface area (Å²) in [6, 6.07) is 7.54. The molecule has 106 valence electrons. The van der Waals surface area contributed by atoms with Crippen molar-refractivity contribution in [1.82, 2.24) is 4.90 Å². The second kappa shape index (κ2) is 6.53. The highest BCUT2D eigenvalue weighted by Gasteiger charge is 2.28. The first-order chi connectivity index (χ1) is 9.13. The molecule has 2 rings (SSSR count). The van der Waals surface area contributed by atoms with Crippen molar-refractivity contribution in [3.63, 3.8) is 0 Å². The van der Waals surface area contributed by atoms with E-state index in [0.717, 1.165) is 13.0 Å². The maximum atomic E-state index is 6.48. The maximum Gasteiger partial charge on any atom is 0.0499 e. The second-order valence-corrected chi connectivity index (χ2v) is 5.98. The summed E-state index contributed by atoms with van der Waals surface area (Å²) in [4.78, 5) is 2.60. The van der Waals surface area contributed by atoms with Crippen molar-refractivity contribution in [2.75, 3.05) is 13.1 Å². The SMILES string of the molecule is CCCN1CCCCC(N)C1c1ccc(C)c(C)c1. The van der Waals surface area contributed by atoms with Crippen molar-refractivity contribution in [3.05, 3.63) is 34.9 Å². The Morgan fingerprint density at radius 1 is 1.21 bits per heavy atom. The molecule has 1 aromatic rings. The summed E-state index contributed by atoms with van der Waals surface area (Å²) in [5, 5.41) is 0. The van der Waals surface area contributed by atoms with E-state index in [4.69, 9.17) is 5.73 Å². The van der Waals surface area contributed by atoms with Crippen molar-refractivity contribution >= 4 is 0 Å². The van der Waals surface area contributed by atoms with Gasteiger partial charge in [0.05, 0.1) is 0 Å². The van der Waals surface area contributed by atoms with E-state index >= 15 is 0 Å². The molecule has 1 aliphatic rings. The normalized spacial score (nSPS) is 25.3. The minimum Gasteiger partial charge on any atom is -0.326 e. The van der Waals surface area contributed by atoms with Crippen molar-refractivity contribution in [1.29, 1.82) is 0 Å². The van der Waals surface area contributed by atoms with Gasteiger partial charge in [0.1, 0.15) is 0 Å². The van der Waals surface area contributed by atoms with E-state index in [1.54, 1.807) is 0 Å². The first-order valence-corrected chi connectivity index (χ1v) is 7.70. The van der Waals surface area contributed by atoms with Crippen molar-refractivity contribution in [2.45, 2.75) is 58.5 Å². The third kappa shape index (κ3) is 3.37. The van der Waals surface area contributed by atoms with E-state index < -0.39 is 0 Å². The summed E-state index contributed by atoms with van der Waals surface area (Å²) in [7, 11) is 0. The zero-order valence-electron chi connectivity index (χ0n) is 12.7. The van der Waals surface area contributed by atoms with Gasteiger partial charge in [-0.05, 0) is 62.9 Å². The Morgan fingerprint density at radius 2 is 2.00 bits per heavy atom. The molecule has 2 atom stereocenters. The van der Waals surface area contributed by atoms with E-state index in [0.29, 0.717) is 6.04 Å². The molecule has 1 aromatic carbocycles. The summed E-state index contributed by atoms with van der Waals surface area (Å²) in [5.74, 6) is 0. The van der Waals surface area contributed by atoms with E-state index in [9.17, 15) is 0 Å². The Balaban J connectivity index is 2.31. The van der Waals surface area contributed by atoms with Crippen LogP contribution >= 0.6 is 0 Å². The van der Waals surface area contributed by atoms with Gasteiger partial charge in [-0.3, -0.25) is 4.90 Å². The summed E-state index contributed by atoms with van der Waals surface area (Å²) in [6.45, 7) is 8.99. The van der Waals surface area contributed by atoms with Crippen molar-refractivity contribution in [2.24, 2.45) is 5.73 Å². The Hall–Kier alpha value is -0.860. The van der Waals surface area contributed by atoms with Gasteiger partial charge in [-0.15, -0.1) is 0 Å². The van der Waals surface area contributed by atoms with Gasteiger partial charge in [0.2, 0.25) is 0 Å². The van der Waals surface area contributed by atoms with Gasteiger partial charge in [0.25, 0.3) is 0 Å². The predicted octanol–water partition coefficient (Wildman–Crippen LogP) is 3.57. The molecular formula is C17H28N2. The Morgan fingerprint density at radius 3 is 2.68 bits per heavy atom. The molecule has 19 heavy (non-hydrogen) atoms. The van der Waals surface area contributed by atoms with Gasteiger partial charge in [-0.25, -0.2) is 0 Å². The second-order valence-electron chi connectivity index (χ2n) is 5.98. The molecule has 0 bridgehead atoms. The largest absolute Gasteiger partial charge is 0.326 e. The molecule has 1 heterocycles. The van der Waals surface area contributed by atoms with Gasteiger partial charge in [0, 0.05) is 12.1 Å². The lowest BCUT2D eigenvalue weighted by Gasteiger charge is -2.34. The Labute approximate surface area is 118 Å². The summed E-state index contributed by atoms with van der Waals surface area (Å²) >= 11 is 0. The zero-order valence-corrected chi connectivity index (χ0v) is 12.7. The lowest BCUT2D eigenvalue weighted by atomic mass is 9.93. The molecule has 0 aromatic heterocycles. The number of nitrogens with zero attached hydrogens (tertiary/aromatic N) is 1. The highest BCUT2D eigenvalue weighted by atomic mass is 15.2. The van der Waals surface area contributed by atoms with Gasteiger partial charge in [-0.1, -0.05) is 31.5 Å². The molecule has 1 fully saturated rings. The molecule has 0 aliphatic carbocycles. The quantitative estimate of drug-likeness (QED) is 0.900. The van der Waals surface area contributed by atoms with Gasteiger partial charge < -0.3 is 5.73 Å². The maximum absolute atomic E-state index is 6.48. The van der Waals surface area contributed by atoms with Crippen LogP contribution in [0.5, 0.6) is 0 Å². The molecular weight excluding hydrogens is 232 g/mol. The van der Waals surface area contributed by atoms with Crippen LogP contribution in [0.15, 0.2) is 18.2 Å². The van der Waals surface area contributed by atoms with Crippen LogP contribution in [0, 0.1) is 13.8 Å².